The van der Waals surface area contributed by atoms with E-state index in [0.717, 1.165) is 11.3 Å². The molecule has 0 aliphatic rings. The molecule has 2 aromatic heterocycles. The highest BCUT2D eigenvalue weighted by Gasteiger charge is 2.21. The first-order valence-corrected chi connectivity index (χ1v) is 7.84. The zero-order valence-electron chi connectivity index (χ0n) is 14.3. The van der Waals surface area contributed by atoms with Gasteiger partial charge in [0.25, 0.3) is 11.8 Å². The summed E-state index contributed by atoms with van der Waals surface area (Å²) >= 11 is 0. The zero-order valence-corrected chi connectivity index (χ0v) is 14.3. The molecule has 7 heteroatoms. The lowest BCUT2D eigenvalue weighted by Crippen LogP contribution is -2.12. The van der Waals surface area contributed by atoms with Crippen LogP contribution in [0.4, 0.5) is 5.88 Å². The summed E-state index contributed by atoms with van der Waals surface area (Å²) in [6.45, 7) is 6.35. The van der Waals surface area contributed by atoms with E-state index in [2.05, 4.69) is 15.6 Å². The van der Waals surface area contributed by atoms with Crippen LogP contribution in [0.2, 0.25) is 0 Å². The van der Waals surface area contributed by atoms with Crippen LogP contribution in [0.15, 0.2) is 51.5 Å². The second kappa shape index (κ2) is 6.80. The van der Waals surface area contributed by atoms with Crippen LogP contribution in [-0.2, 0) is 12.0 Å². The quantitative estimate of drug-likeness (QED) is 0.759. The van der Waals surface area contributed by atoms with Gasteiger partial charge >= 0.3 is 0 Å². The number of anilines is 1. The normalized spacial score (nSPS) is 11.3. The standard InChI is InChI=1S/C18H19N3O4/c1-18(2,3)14-10-15(25-20-14)19-17(22)13-9-16(21-24-13)23-11-12-7-5-4-6-8-12/h4-10H,11H2,1-3H3,(H,19,22). The predicted molar refractivity (Wildman–Crippen MR) is 90.4 cm³/mol. The van der Waals surface area contributed by atoms with Crippen LogP contribution in [0.5, 0.6) is 5.88 Å². The maximum absolute atomic E-state index is 12.2. The average Bonchev–Trinajstić information content (AvgIpc) is 3.23. The van der Waals surface area contributed by atoms with Gasteiger partial charge < -0.3 is 13.8 Å². The smallest absolute Gasteiger partial charge is 0.296 e. The van der Waals surface area contributed by atoms with Crippen LogP contribution >= 0.6 is 0 Å². The molecule has 0 bridgehead atoms. The van der Waals surface area contributed by atoms with Gasteiger partial charge in [-0.15, -0.1) is 0 Å². The molecule has 1 aromatic carbocycles. The highest BCUT2D eigenvalue weighted by atomic mass is 16.5. The third kappa shape index (κ3) is 4.26. The number of hydrogen-bond donors (Lipinski definition) is 1. The molecule has 25 heavy (non-hydrogen) atoms. The molecule has 1 N–H and O–H groups in total. The number of ether oxygens (including phenoxy) is 1. The molecule has 2 heterocycles. The fourth-order valence-electron chi connectivity index (χ4n) is 2.03. The highest BCUT2D eigenvalue weighted by Crippen LogP contribution is 2.24. The van der Waals surface area contributed by atoms with Crippen LogP contribution in [-0.4, -0.2) is 16.2 Å². The first kappa shape index (κ1) is 16.8. The summed E-state index contributed by atoms with van der Waals surface area (Å²) < 4.78 is 15.6. The average molecular weight is 341 g/mol. The van der Waals surface area contributed by atoms with Gasteiger partial charge in [0.1, 0.15) is 6.61 Å². The van der Waals surface area contributed by atoms with E-state index in [9.17, 15) is 4.79 Å². The van der Waals surface area contributed by atoms with Crippen LogP contribution in [0.1, 0.15) is 42.6 Å². The third-order valence-corrected chi connectivity index (χ3v) is 3.46. The molecule has 0 atom stereocenters. The van der Waals surface area contributed by atoms with Gasteiger partial charge in [0.2, 0.25) is 11.6 Å². The van der Waals surface area contributed by atoms with Crippen LogP contribution in [0.25, 0.3) is 0 Å². The van der Waals surface area contributed by atoms with Gasteiger partial charge in [0, 0.05) is 11.5 Å². The minimum Gasteiger partial charge on any atom is -0.471 e. The van der Waals surface area contributed by atoms with Crippen LogP contribution in [0, 0.1) is 0 Å². The summed E-state index contributed by atoms with van der Waals surface area (Å²) in [6.07, 6.45) is 0. The van der Waals surface area contributed by atoms with Gasteiger partial charge in [-0.2, -0.15) is 0 Å². The highest BCUT2D eigenvalue weighted by molar-refractivity contribution is 6.01. The Kier molecular flexibility index (Phi) is 4.56. The van der Waals surface area contributed by atoms with Gasteiger partial charge in [-0.3, -0.25) is 10.1 Å². The fourth-order valence-corrected chi connectivity index (χ4v) is 2.03. The molecule has 0 unspecified atom stereocenters. The van der Waals surface area contributed by atoms with E-state index >= 15 is 0 Å². The van der Waals surface area contributed by atoms with Crippen molar-refractivity contribution in [2.45, 2.75) is 32.8 Å². The minimum atomic E-state index is -0.487. The van der Waals surface area contributed by atoms with Crippen molar-refractivity contribution >= 4 is 11.8 Å². The molecular formula is C18H19N3O4. The van der Waals surface area contributed by atoms with Crippen molar-refractivity contribution in [3.8, 4) is 5.88 Å². The molecule has 0 saturated heterocycles. The second-order valence-electron chi connectivity index (χ2n) is 6.58. The Morgan fingerprint density at radius 1 is 1.12 bits per heavy atom. The van der Waals surface area contributed by atoms with E-state index in [4.69, 9.17) is 13.8 Å². The second-order valence-corrected chi connectivity index (χ2v) is 6.58. The summed E-state index contributed by atoms with van der Waals surface area (Å²) in [6, 6.07) is 12.7. The Labute approximate surface area is 144 Å². The van der Waals surface area contributed by atoms with E-state index in [1.807, 2.05) is 51.1 Å². The van der Waals surface area contributed by atoms with E-state index in [1.165, 1.54) is 6.07 Å². The Balaban J connectivity index is 1.60. The van der Waals surface area contributed by atoms with Gasteiger partial charge in [-0.05, 0) is 10.7 Å². The monoisotopic (exact) mass is 341 g/mol. The summed E-state index contributed by atoms with van der Waals surface area (Å²) in [4.78, 5) is 12.2. The number of rotatable bonds is 5. The number of hydrogen-bond acceptors (Lipinski definition) is 6. The lowest BCUT2D eigenvalue weighted by atomic mass is 9.92. The topological polar surface area (TPSA) is 90.4 Å². The molecule has 0 fully saturated rings. The van der Waals surface area contributed by atoms with Crippen molar-refractivity contribution in [2.75, 3.05) is 5.32 Å². The van der Waals surface area contributed by atoms with Crippen molar-refractivity contribution in [3.63, 3.8) is 0 Å². The Hall–Kier alpha value is -3.09. The van der Waals surface area contributed by atoms with Crippen LogP contribution in [0.3, 0.4) is 0 Å². The molecule has 130 valence electrons. The number of carbonyl (C=O) groups excluding carboxylic acids is 1. The summed E-state index contributed by atoms with van der Waals surface area (Å²) in [5.41, 5.74) is 1.57. The molecule has 0 saturated carbocycles. The number of carbonyl (C=O) groups is 1. The summed E-state index contributed by atoms with van der Waals surface area (Å²) in [7, 11) is 0. The number of nitrogens with zero attached hydrogens (tertiary/aromatic N) is 2. The summed E-state index contributed by atoms with van der Waals surface area (Å²) in [5.74, 6) is 0.0236. The maximum Gasteiger partial charge on any atom is 0.296 e. The predicted octanol–water partition coefficient (Wildman–Crippen LogP) is 3.79. The zero-order chi connectivity index (χ0) is 17.9. The summed E-state index contributed by atoms with van der Waals surface area (Å²) in [5, 5.41) is 10.3. The Morgan fingerprint density at radius 2 is 1.88 bits per heavy atom. The molecule has 0 radical (unpaired) electrons. The van der Waals surface area contributed by atoms with Crippen molar-refractivity contribution in [3.05, 3.63) is 59.5 Å². The van der Waals surface area contributed by atoms with Crippen molar-refractivity contribution in [1.82, 2.24) is 10.3 Å². The lowest BCUT2D eigenvalue weighted by Gasteiger charge is -2.12. The Morgan fingerprint density at radius 3 is 2.56 bits per heavy atom. The number of nitrogens with one attached hydrogen (secondary N) is 1. The van der Waals surface area contributed by atoms with E-state index < -0.39 is 5.91 Å². The van der Waals surface area contributed by atoms with Gasteiger partial charge in [0.05, 0.1) is 11.8 Å². The number of benzene rings is 1. The van der Waals surface area contributed by atoms with Gasteiger partial charge in [-0.25, -0.2) is 0 Å². The SMILES string of the molecule is CC(C)(C)c1cc(NC(=O)c2cc(OCc3ccccc3)no2)on1. The molecule has 1 amide bonds. The first-order valence-electron chi connectivity index (χ1n) is 7.84. The largest absolute Gasteiger partial charge is 0.471 e. The maximum atomic E-state index is 12.2. The molecular weight excluding hydrogens is 322 g/mol. The molecule has 3 rings (SSSR count). The molecule has 0 aliphatic heterocycles. The minimum absolute atomic E-state index is 0.0248. The van der Waals surface area contributed by atoms with E-state index in [-0.39, 0.29) is 22.9 Å². The molecule has 0 spiro atoms. The molecule has 0 aliphatic carbocycles. The van der Waals surface area contributed by atoms with Crippen molar-refractivity contribution in [1.29, 1.82) is 0 Å². The molecule has 7 nitrogen and oxygen atoms in total. The first-order chi connectivity index (χ1) is 11.9. The van der Waals surface area contributed by atoms with Gasteiger partial charge in [-0.1, -0.05) is 56.3 Å². The van der Waals surface area contributed by atoms with Gasteiger partial charge in [0.15, 0.2) is 0 Å². The van der Waals surface area contributed by atoms with E-state index in [1.54, 1.807) is 6.07 Å². The van der Waals surface area contributed by atoms with E-state index in [0.29, 0.717) is 6.61 Å². The number of amides is 1. The number of aromatic nitrogens is 2. The fraction of sp³-hybridized carbons (Fsp3) is 0.278. The third-order valence-electron chi connectivity index (χ3n) is 3.46. The van der Waals surface area contributed by atoms with Crippen LogP contribution < -0.4 is 10.1 Å². The Bertz CT molecular complexity index is 847. The van der Waals surface area contributed by atoms with Crippen molar-refractivity contribution < 1.29 is 18.6 Å². The lowest BCUT2D eigenvalue weighted by molar-refractivity contribution is 0.0984. The molecule has 3 aromatic rings. The van der Waals surface area contributed by atoms with Crippen molar-refractivity contribution in [2.24, 2.45) is 0 Å².